The molecule has 0 unspecified atom stereocenters. The Morgan fingerprint density at radius 1 is 1.52 bits per heavy atom. The molecule has 7 heteroatoms. The lowest BCUT2D eigenvalue weighted by molar-refractivity contribution is -0.133. The SMILES string of the molecule is CN(C(=O)CN1CCc2sccc2C1)[C@@H]1CCS(=O)(=O)C1. The predicted molar refractivity (Wildman–Crippen MR) is 83.1 cm³/mol. The van der Waals surface area contributed by atoms with Gasteiger partial charge in [0.2, 0.25) is 5.91 Å². The second kappa shape index (κ2) is 5.70. The zero-order valence-electron chi connectivity index (χ0n) is 12.1. The van der Waals surface area contributed by atoms with Gasteiger partial charge in [0.05, 0.1) is 18.1 Å². The van der Waals surface area contributed by atoms with Gasteiger partial charge >= 0.3 is 0 Å². The average molecular weight is 328 g/mol. The Hall–Kier alpha value is -0.920. The van der Waals surface area contributed by atoms with Gasteiger partial charge in [-0.05, 0) is 29.9 Å². The molecule has 0 radical (unpaired) electrons. The zero-order valence-corrected chi connectivity index (χ0v) is 13.8. The Morgan fingerprint density at radius 3 is 3.05 bits per heavy atom. The van der Waals surface area contributed by atoms with Crippen LogP contribution in [0.4, 0.5) is 0 Å². The van der Waals surface area contributed by atoms with E-state index in [2.05, 4.69) is 16.3 Å². The molecule has 2 aliphatic rings. The molecule has 1 fully saturated rings. The maximum atomic E-state index is 12.4. The van der Waals surface area contributed by atoms with E-state index in [1.807, 2.05) is 0 Å². The lowest BCUT2D eigenvalue weighted by atomic mass is 10.1. The smallest absolute Gasteiger partial charge is 0.236 e. The summed E-state index contributed by atoms with van der Waals surface area (Å²) in [6.07, 6.45) is 1.57. The summed E-state index contributed by atoms with van der Waals surface area (Å²) < 4.78 is 23.0. The van der Waals surface area contributed by atoms with Crippen molar-refractivity contribution in [2.75, 3.05) is 31.6 Å². The van der Waals surface area contributed by atoms with Gasteiger partial charge < -0.3 is 4.90 Å². The Morgan fingerprint density at radius 2 is 2.33 bits per heavy atom. The first kappa shape index (κ1) is 15.0. The third kappa shape index (κ3) is 3.30. The van der Waals surface area contributed by atoms with Gasteiger partial charge in [-0.15, -0.1) is 11.3 Å². The van der Waals surface area contributed by atoms with Crippen LogP contribution in [0.25, 0.3) is 0 Å². The van der Waals surface area contributed by atoms with Crippen molar-refractivity contribution in [3.8, 4) is 0 Å². The maximum Gasteiger partial charge on any atom is 0.236 e. The molecule has 1 aromatic heterocycles. The van der Waals surface area contributed by atoms with E-state index < -0.39 is 9.84 Å². The fourth-order valence-corrected chi connectivity index (χ4v) is 5.69. The van der Waals surface area contributed by atoms with Crippen LogP contribution in [0.1, 0.15) is 16.9 Å². The molecular formula is C14H20N2O3S2. The predicted octanol–water partition coefficient (Wildman–Crippen LogP) is 0.752. The van der Waals surface area contributed by atoms with E-state index in [-0.39, 0.29) is 23.5 Å². The molecule has 0 aromatic carbocycles. The number of rotatable bonds is 3. The van der Waals surface area contributed by atoms with Crippen molar-refractivity contribution in [3.63, 3.8) is 0 Å². The van der Waals surface area contributed by atoms with Crippen LogP contribution in [0.2, 0.25) is 0 Å². The molecule has 0 aliphatic carbocycles. The third-order valence-corrected chi connectivity index (χ3v) is 7.17. The molecule has 1 saturated heterocycles. The van der Waals surface area contributed by atoms with Crippen molar-refractivity contribution in [3.05, 3.63) is 21.9 Å². The summed E-state index contributed by atoms with van der Waals surface area (Å²) >= 11 is 1.78. The van der Waals surface area contributed by atoms with Crippen molar-refractivity contribution < 1.29 is 13.2 Å². The third-order valence-electron chi connectivity index (χ3n) is 4.40. The standard InChI is InChI=1S/C14H20N2O3S2/c1-15(12-4-7-21(18,19)10-12)14(17)9-16-5-2-13-11(8-16)3-6-20-13/h3,6,12H,2,4-5,7-10H2,1H3/t12-/m1/s1. The zero-order chi connectivity index (χ0) is 15.0. The van der Waals surface area contributed by atoms with Gasteiger partial charge in [-0.2, -0.15) is 0 Å². The van der Waals surface area contributed by atoms with Crippen LogP contribution in [0.3, 0.4) is 0 Å². The summed E-state index contributed by atoms with van der Waals surface area (Å²) in [5, 5.41) is 2.10. The first-order chi connectivity index (χ1) is 9.94. The lowest BCUT2D eigenvalue weighted by Crippen LogP contribution is -2.44. The summed E-state index contributed by atoms with van der Waals surface area (Å²) in [4.78, 5) is 17.6. The summed E-state index contributed by atoms with van der Waals surface area (Å²) in [6, 6.07) is 1.98. The molecule has 1 aromatic rings. The summed E-state index contributed by atoms with van der Waals surface area (Å²) in [7, 11) is -1.22. The molecule has 1 atom stereocenters. The quantitative estimate of drug-likeness (QED) is 0.822. The van der Waals surface area contributed by atoms with E-state index in [0.717, 1.165) is 19.5 Å². The largest absolute Gasteiger partial charge is 0.341 e. The van der Waals surface area contributed by atoms with Gasteiger partial charge in [0, 0.05) is 31.1 Å². The van der Waals surface area contributed by atoms with Crippen molar-refractivity contribution in [2.45, 2.75) is 25.4 Å². The highest BCUT2D eigenvalue weighted by Gasteiger charge is 2.33. The van der Waals surface area contributed by atoms with Crippen molar-refractivity contribution in [1.29, 1.82) is 0 Å². The number of hydrogen-bond donors (Lipinski definition) is 0. The van der Waals surface area contributed by atoms with Gasteiger partial charge in [0.1, 0.15) is 0 Å². The van der Waals surface area contributed by atoms with Crippen LogP contribution in [-0.4, -0.2) is 61.8 Å². The van der Waals surface area contributed by atoms with Crippen molar-refractivity contribution in [2.24, 2.45) is 0 Å². The Balaban J connectivity index is 1.57. The van der Waals surface area contributed by atoms with Crippen LogP contribution < -0.4 is 0 Å². The van der Waals surface area contributed by atoms with Gasteiger partial charge in [0.15, 0.2) is 9.84 Å². The van der Waals surface area contributed by atoms with Crippen molar-refractivity contribution >= 4 is 27.1 Å². The van der Waals surface area contributed by atoms with Crippen LogP contribution in [0.5, 0.6) is 0 Å². The van der Waals surface area contributed by atoms with Gasteiger partial charge in [-0.25, -0.2) is 8.42 Å². The highest BCUT2D eigenvalue weighted by Crippen LogP contribution is 2.24. The molecule has 1 amide bonds. The fraction of sp³-hybridized carbons (Fsp3) is 0.643. The minimum Gasteiger partial charge on any atom is -0.341 e. The molecule has 0 saturated carbocycles. The summed E-state index contributed by atoms with van der Waals surface area (Å²) in [5.41, 5.74) is 1.32. The average Bonchev–Trinajstić information content (AvgIpc) is 3.03. The van der Waals surface area contributed by atoms with E-state index in [1.165, 1.54) is 10.4 Å². The van der Waals surface area contributed by atoms with E-state index in [1.54, 1.807) is 23.3 Å². The van der Waals surface area contributed by atoms with Crippen LogP contribution in [0.15, 0.2) is 11.4 Å². The first-order valence-corrected chi connectivity index (χ1v) is 9.88. The topological polar surface area (TPSA) is 57.7 Å². The normalized spacial score (nSPS) is 24.7. The number of carbonyl (C=O) groups is 1. The molecular weight excluding hydrogens is 308 g/mol. The molecule has 0 spiro atoms. The minimum atomic E-state index is -2.95. The molecule has 0 N–H and O–H groups in total. The lowest BCUT2D eigenvalue weighted by Gasteiger charge is -2.30. The van der Waals surface area contributed by atoms with Gasteiger partial charge in [-0.3, -0.25) is 9.69 Å². The Labute approximate surface area is 129 Å². The molecule has 3 heterocycles. The number of fused-ring (bicyclic) bond motifs is 1. The number of sulfone groups is 1. The minimum absolute atomic E-state index is 0.0239. The van der Waals surface area contributed by atoms with Gasteiger partial charge in [-0.1, -0.05) is 0 Å². The number of nitrogens with zero attached hydrogens (tertiary/aromatic N) is 2. The number of carbonyl (C=O) groups excluding carboxylic acids is 1. The highest BCUT2D eigenvalue weighted by atomic mass is 32.2. The molecule has 0 bridgehead atoms. The molecule has 2 aliphatic heterocycles. The molecule has 116 valence electrons. The van der Waals surface area contributed by atoms with Crippen molar-refractivity contribution in [1.82, 2.24) is 9.80 Å². The first-order valence-electron chi connectivity index (χ1n) is 7.18. The number of thiophene rings is 1. The van der Waals surface area contributed by atoms with Crippen LogP contribution in [0, 0.1) is 0 Å². The highest BCUT2D eigenvalue weighted by molar-refractivity contribution is 7.91. The fourth-order valence-electron chi connectivity index (χ4n) is 3.03. The number of likely N-dealkylation sites (N-methyl/N-ethyl adjacent to an activating group) is 1. The van der Waals surface area contributed by atoms with E-state index >= 15 is 0 Å². The summed E-state index contributed by atoms with van der Waals surface area (Å²) in [6.45, 7) is 2.10. The number of hydrogen-bond acceptors (Lipinski definition) is 5. The van der Waals surface area contributed by atoms with Gasteiger partial charge in [0.25, 0.3) is 0 Å². The summed E-state index contributed by atoms with van der Waals surface area (Å²) in [5.74, 6) is 0.344. The molecule has 3 rings (SSSR count). The number of amides is 1. The van der Waals surface area contributed by atoms with Crippen LogP contribution >= 0.6 is 11.3 Å². The van der Waals surface area contributed by atoms with E-state index in [0.29, 0.717) is 13.0 Å². The Kier molecular flexibility index (Phi) is 4.07. The second-order valence-corrected chi connectivity index (χ2v) is 9.12. The molecule has 5 nitrogen and oxygen atoms in total. The van der Waals surface area contributed by atoms with Crippen LogP contribution in [-0.2, 0) is 27.6 Å². The monoisotopic (exact) mass is 328 g/mol. The Bertz CT molecular complexity index is 638. The maximum absolute atomic E-state index is 12.4. The van der Waals surface area contributed by atoms with E-state index in [9.17, 15) is 13.2 Å². The van der Waals surface area contributed by atoms with E-state index in [4.69, 9.17) is 0 Å². The second-order valence-electron chi connectivity index (χ2n) is 5.89. The molecule has 21 heavy (non-hydrogen) atoms.